The number of hydrogen-bond donors (Lipinski definition) is 2. The molecule has 18 heavy (non-hydrogen) atoms. The fourth-order valence-corrected chi connectivity index (χ4v) is 3.14. The maximum absolute atomic E-state index is 12.1. The number of thioether (sulfide) groups is 1. The maximum Gasteiger partial charge on any atom is 0.262 e. The van der Waals surface area contributed by atoms with E-state index in [1.54, 1.807) is 0 Å². The van der Waals surface area contributed by atoms with Crippen LogP contribution in [0.25, 0.3) is 0 Å². The molecule has 3 nitrogen and oxygen atoms in total. The third-order valence-electron chi connectivity index (χ3n) is 3.01. The Balaban J connectivity index is 1.98. The average Bonchev–Trinajstić information content (AvgIpc) is 3.03. The Hall–Kier alpha value is -0.960. The number of amides is 1. The van der Waals surface area contributed by atoms with Crippen LogP contribution >= 0.6 is 23.1 Å². The normalized spacial score (nSPS) is 15.7. The first kappa shape index (κ1) is 13.5. The molecular weight excluding hydrogens is 264 g/mol. The van der Waals surface area contributed by atoms with E-state index in [0.29, 0.717) is 11.4 Å². The van der Waals surface area contributed by atoms with Crippen molar-refractivity contribution in [1.29, 1.82) is 0 Å². The highest BCUT2D eigenvalue weighted by atomic mass is 32.2. The summed E-state index contributed by atoms with van der Waals surface area (Å²) in [4.78, 5) is 12.8. The van der Waals surface area contributed by atoms with Crippen molar-refractivity contribution >= 4 is 29.0 Å². The molecule has 1 fully saturated rings. The summed E-state index contributed by atoms with van der Waals surface area (Å²) >= 11 is 3.26. The molecule has 0 aliphatic heterocycles. The van der Waals surface area contributed by atoms with Gasteiger partial charge in [-0.1, -0.05) is 11.8 Å². The second-order valence-electron chi connectivity index (χ2n) is 4.24. The summed E-state index contributed by atoms with van der Waals surface area (Å²) in [6.07, 6.45) is 4.49. The molecule has 3 N–H and O–H groups in total. The standard InChI is InChI=1S/C13H16N2OS2/c1-17-13(5-6-13)9-15-12(16)11-10(3-2-7-14)4-8-18-11/h4,8H,5-7,9,14H2,1H3,(H,15,16). The summed E-state index contributed by atoms with van der Waals surface area (Å²) in [5, 5.41) is 4.89. The summed E-state index contributed by atoms with van der Waals surface area (Å²) in [5.41, 5.74) is 6.11. The molecule has 96 valence electrons. The Morgan fingerprint density at radius 3 is 3.06 bits per heavy atom. The Labute approximate surface area is 116 Å². The Morgan fingerprint density at radius 1 is 1.67 bits per heavy atom. The molecule has 1 amide bonds. The lowest BCUT2D eigenvalue weighted by Crippen LogP contribution is -2.31. The van der Waals surface area contributed by atoms with Crippen LogP contribution in [0.15, 0.2) is 11.4 Å². The van der Waals surface area contributed by atoms with Gasteiger partial charge in [-0.15, -0.1) is 11.3 Å². The predicted octanol–water partition coefficient (Wildman–Crippen LogP) is 1.68. The first-order valence-electron chi connectivity index (χ1n) is 5.80. The van der Waals surface area contributed by atoms with Crippen molar-refractivity contribution in [2.75, 3.05) is 19.3 Å². The van der Waals surface area contributed by atoms with E-state index < -0.39 is 0 Å². The smallest absolute Gasteiger partial charge is 0.262 e. The van der Waals surface area contributed by atoms with E-state index in [2.05, 4.69) is 23.4 Å². The van der Waals surface area contributed by atoms with Gasteiger partial charge in [0.15, 0.2) is 0 Å². The third-order valence-corrected chi connectivity index (χ3v) is 5.34. The number of rotatable bonds is 4. The second-order valence-corrected chi connectivity index (χ2v) is 6.43. The lowest BCUT2D eigenvalue weighted by molar-refractivity contribution is 0.0957. The van der Waals surface area contributed by atoms with Gasteiger partial charge < -0.3 is 11.1 Å². The molecule has 0 bridgehead atoms. The van der Waals surface area contributed by atoms with Gasteiger partial charge in [0.25, 0.3) is 5.91 Å². The van der Waals surface area contributed by atoms with Gasteiger partial charge in [0.05, 0.1) is 6.54 Å². The first-order chi connectivity index (χ1) is 8.71. The van der Waals surface area contributed by atoms with E-state index in [-0.39, 0.29) is 10.7 Å². The van der Waals surface area contributed by atoms with Crippen LogP contribution in [-0.2, 0) is 0 Å². The van der Waals surface area contributed by atoms with Crippen molar-refractivity contribution in [3.63, 3.8) is 0 Å². The van der Waals surface area contributed by atoms with Crippen LogP contribution in [0.5, 0.6) is 0 Å². The van der Waals surface area contributed by atoms with E-state index in [4.69, 9.17) is 5.73 Å². The third kappa shape index (κ3) is 3.08. The van der Waals surface area contributed by atoms with Crippen molar-refractivity contribution < 1.29 is 4.79 Å². The van der Waals surface area contributed by atoms with Gasteiger partial charge in [-0.3, -0.25) is 4.79 Å². The van der Waals surface area contributed by atoms with Crippen molar-refractivity contribution in [2.24, 2.45) is 5.73 Å². The van der Waals surface area contributed by atoms with Crippen LogP contribution in [0.1, 0.15) is 28.1 Å². The fraction of sp³-hybridized carbons (Fsp3) is 0.462. The van der Waals surface area contributed by atoms with Gasteiger partial charge in [-0.2, -0.15) is 11.8 Å². The Kier molecular flexibility index (Phi) is 4.33. The summed E-state index contributed by atoms with van der Waals surface area (Å²) in [5.74, 6) is 5.69. The van der Waals surface area contributed by atoms with Crippen LogP contribution in [0.2, 0.25) is 0 Å². The lowest BCUT2D eigenvalue weighted by Gasteiger charge is -2.12. The second kappa shape index (κ2) is 5.79. The molecular formula is C13H16N2OS2. The zero-order valence-electron chi connectivity index (χ0n) is 10.3. The van der Waals surface area contributed by atoms with Crippen molar-refractivity contribution in [2.45, 2.75) is 17.6 Å². The monoisotopic (exact) mass is 280 g/mol. The minimum Gasteiger partial charge on any atom is -0.350 e. The average molecular weight is 280 g/mol. The highest BCUT2D eigenvalue weighted by molar-refractivity contribution is 8.00. The van der Waals surface area contributed by atoms with Gasteiger partial charge in [-0.25, -0.2) is 0 Å². The molecule has 1 aromatic heterocycles. The van der Waals surface area contributed by atoms with E-state index in [9.17, 15) is 4.79 Å². The molecule has 0 spiro atoms. The summed E-state index contributed by atoms with van der Waals surface area (Å²) in [6, 6.07) is 1.86. The van der Waals surface area contributed by atoms with Gasteiger partial charge in [-0.05, 0) is 30.5 Å². The maximum atomic E-state index is 12.1. The zero-order valence-corrected chi connectivity index (χ0v) is 11.9. The molecule has 5 heteroatoms. The van der Waals surface area contributed by atoms with Crippen LogP contribution in [0.4, 0.5) is 0 Å². The molecule has 1 aliphatic rings. The highest BCUT2D eigenvalue weighted by Gasteiger charge is 2.42. The van der Waals surface area contributed by atoms with Crippen LogP contribution in [-0.4, -0.2) is 30.0 Å². The number of carbonyl (C=O) groups excluding carboxylic acids is 1. The van der Waals surface area contributed by atoms with Gasteiger partial charge in [0.2, 0.25) is 0 Å². The van der Waals surface area contributed by atoms with Crippen LogP contribution in [0, 0.1) is 11.8 Å². The topological polar surface area (TPSA) is 55.1 Å². The van der Waals surface area contributed by atoms with Gasteiger partial charge >= 0.3 is 0 Å². The molecule has 0 atom stereocenters. The van der Waals surface area contributed by atoms with Crippen LogP contribution < -0.4 is 11.1 Å². The number of carbonyl (C=O) groups is 1. The number of hydrogen-bond acceptors (Lipinski definition) is 4. The molecule has 1 aliphatic carbocycles. The summed E-state index contributed by atoms with van der Waals surface area (Å²) < 4.78 is 0.288. The summed E-state index contributed by atoms with van der Waals surface area (Å²) in [7, 11) is 0. The minimum atomic E-state index is -0.0216. The first-order valence-corrected chi connectivity index (χ1v) is 7.91. The van der Waals surface area contributed by atoms with Gasteiger partial charge in [0.1, 0.15) is 4.88 Å². The predicted molar refractivity (Wildman–Crippen MR) is 78.1 cm³/mol. The van der Waals surface area contributed by atoms with Crippen LogP contribution in [0.3, 0.4) is 0 Å². The molecule has 0 saturated heterocycles. The van der Waals surface area contributed by atoms with Crippen molar-refractivity contribution in [1.82, 2.24) is 5.32 Å². The molecule has 0 radical (unpaired) electrons. The number of nitrogens with two attached hydrogens (primary N) is 1. The molecule has 2 rings (SSSR count). The number of thiophene rings is 1. The minimum absolute atomic E-state index is 0.0216. The SMILES string of the molecule is CSC1(CNC(=O)c2sccc2C#CCN)CC1. The highest BCUT2D eigenvalue weighted by Crippen LogP contribution is 2.46. The lowest BCUT2D eigenvalue weighted by atomic mass is 10.2. The summed E-state index contributed by atoms with van der Waals surface area (Å²) in [6.45, 7) is 1.06. The molecule has 0 unspecified atom stereocenters. The van der Waals surface area contributed by atoms with E-state index in [0.717, 1.165) is 12.1 Å². The largest absolute Gasteiger partial charge is 0.350 e. The zero-order chi connectivity index (χ0) is 13.0. The van der Waals surface area contributed by atoms with E-state index in [1.807, 2.05) is 23.2 Å². The number of nitrogens with one attached hydrogen (secondary N) is 1. The molecule has 1 aromatic rings. The molecule has 1 saturated carbocycles. The van der Waals surface area contributed by atoms with Gasteiger partial charge in [0, 0.05) is 16.9 Å². The quantitative estimate of drug-likeness (QED) is 0.825. The Morgan fingerprint density at radius 2 is 2.44 bits per heavy atom. The van der Waals surface area contributed by atoms with E-state index >= 15 is 0 Å². The fourth-order valence-electron chi connectivity index (χ4n) is 1.64. The van der Waals surface area contributed by atoms with Crippen molar-refractivity contribution in [3.05, 3.63) is 21.9 Å². The van der Waals surface area contributed by atoms with Crippen molar-refractivity contribution in [3.8, 4) is 11.8 Å². The Bertz CT molecular complexity index is 495. The van der Waals surface area contributed by atoms with E-state index in [1.165, 1.54) is 24.2 Å². The molecule has 0 aromatic carbocycles. The molecule has 1 heterocycles.